The normalized spacial score (nSPS) is 14.4. The maximum Gasteiger partial charge on any atom is 0.222 e. The molecular formula is C22H21N5O. The Hall–Kier alpha value is -3.41. The Labute approximate surface area is 162 Å². The third-order valence-electron chi connectivity index (χ3n) is 5.37. The molecule has 3 heterocycles. The van der Waals surface area contributed by atoms with Crippen molar-refractivity contribution < 1.29 is 4.79 Å². The van der Waals surface area contributed by atoms with Crippen LogP contribution in [0.3, 0.4) is 0 Å². The molecule has 0 aliphatic carbocycles. The van der Waals surface area contributed by atoms with Crippen LogP contribution in [0.5, 0.6) is 0 Å². The summed E-state index contributed by atoms with van der Waals surface area (Å²) in [5.74, 6) is 0.703. The first-order valence-electron chi connectivity index (χ1n) is 9.54. The van der Waals surface area contributed by atoms with Gasteiger partial charge >= 0.3 is 0 Å². The number of nitrogen functional groups attached to an aromatic ring is 1. The van der Waals surface area contributed by atoms with E-state index in [1.807, 2.05) is 29.4 Å². The average Bonchev–Trinajstić information content (AvgIpc) is 3.30. The van der Waals surface area contributed by atoms with Crippen molar-refractivity contribution in [2.75, 3.05) is 12.3 Å². The van der Waals surface area contributed by atoms with Gasteiger partial charge in [-0.05, 0) is 23.6 Å². The number of fused-ring (bicyclic) bond motifs is 3. The van der Waals surface area contributed by atoms with Crippen molar-refractivity contribution in [3.8, 4) is 0 Å². The molecule has 4 aromatic rings. The number of carbonyl (C=O) groups is 1. The topological polar surface area (TPSA) is 77.0 Å². The first-order chi connectivity index (χ1) is 13.7. The lowest BCUT2D eigenvalue weighted by Crippen LogP contribution is -2.23. The minimum absolute atomic E-state index is 0.250. The van der Waals surface area contributed by atoms with E-state index in [-0.39, 0.29) is 5.91 Å². The smallest absolute Gasteiger partial charge is 0.222 e. The first-order valence-corrected chi connectivity index (χ1v) is 9.54. The van der Waals surface area contributed by atoms with Crippen molar-refractivity contribution in [3.63, 3.8) is 0 Å². The molecule has 0 bridgehead atoms. The summed E-state index contributed by atoms with van der Waals surface area (Å²) in [6, 6.07) is 16.4. The second-order valence-corrected chi connectivity index (χ2v) is 7.32. The molecule has 1 aliphatic heterocycles. The minimum Gasteiger partial charge on any atom is -0.382 e. The Morgan fingerprint density at radius 3 is 2.68 bits per heavy atom. The van der Waals surface area contributed by atoms with Gasteiger partial charge in [0.05, 0.1) is 17.4 Å². The zero-order chi connectivity index (χ0) is 19.1. The fourth-order valence-corrected chi connectivity index (χ4v) is 4.04. The van der Waals surface area contributed by atoms with Crippen LogP contribution in [0.25, 0.3) is 21.9 Å². The zero-order valence-corrected chi connectivity index (χ0v) is 15.5. The summed E-state index contributed by atoms with van der Waals surface area (Å²) in [5, 5.41) is 1.04. The SMILES string of the molecule is Nc1nc2ccccc2c2c1ncn2Cc1cccc(CN2CCCC2=O)c1. The van der Waals surface area contributed by atoms with Crippen LogP contribution in [-0.4, -0.2) is 31.9 Å². The highest BCUT2D eigenvalue weighted by atomic mass is 16.2. The number of aromatic nitrogens is 3. The lowest BCUT2D eigenvalue weighted by molar-refractivity contribution is -0.128. The van der Waals surface area contributed by atoms with Gasteiger partial charge in [0.15, 0.2) is 5.82 Å². The molecule has 1 fully saturated rings. The van der Waals surface area contributed by atoms with E-state index < -0.39 is 0 Å². The molecular weight excluding hydrogens is 350 g/mol. The van der Waals surface area contributed by atoms with Crippen molar-refractivity contribution >= 4 is 33.7 Å². The highest BCUT2D eigenvalue weighted by molar-refractivity contribution is 6.06. The van der Waals surface area contributed by atoms with E-state index in [2.05, 4.69) is 44.9 Å². The Morgan fingerprint density at radius 2 is 1.86 bits per heavy atom. The van der Waals surface area contributed by atoms with Crippen molar-refractivity contribution in [2.45, 2.75) is 25.9 Å². The molecule has 0 saturated carbocycles. The molecule has 1 saturated heterocycles. The number of anilines is 1. The van der Waals surface area contributed by atoms with E-state index in [0.717, 1.165) is 40.5 Å². The second kappa shape index (κ2) is 6.64. The number of para-hydroxylation sites is 1. The number of benzene rings is 2. The van der Waals surface area contributed by atoms with E-state index in [0.29, 0.717) is 25.3 Å². The fourth-order valence-electron chi connectivity index (χ4n) is 4.04. The van der Waals surface area contributed by atoms with Gasteiger partial charge in [0.1, 0.15) is 5.52 Å². The lowest BCUT2D eigenvalue weighted by Gasteiger charge is -2.16. The van der Waals surface area contributed by atoms with E-state index in [4.69, 9.17) is 5.73 Å². The Morgan fingerprint density at radius 1 is 1.04 bits per heavy atom. The quantitative estimate of drug-likeness (QED) is 0.597. The Balaban J connectivity index is 1.50. The number of rotatable bonds is 4. The highest BCUT2D eigenvalue weighted by Gasteiger charge is 2.20. The van der Waals surface area contributed by atoms with Crippen LogP contribution < -0.4 is 5.73 Å². The monoisotopic (exact) mass is 371 g/mol. The van der Waals surface area contributed by atoms with Gasteiger partial charge in [-0.1, -0.05) is 42.5 Å². The first kappa shape index (κ1) is 16.7. The molecule has 0 radical (unpaired) electrons. The summed E-state index contributed by atoms with van der Waals surface area (Å²) < 4.78 is 2.12. The predicted octanol–water partition coefficient (Wildman–Crippen LogP) is 3.34. The molecule has 6 nitrogen and oxygen atoms in total. The molecule has 0 unspecified atom stereocenters. The van der Waals surface area contributed by atoms with Gasteiger partial charge < -0.3 is 15.2 Å². The summed E-state index contributed by atoms with van der Waals surface area (Å²) >= 11 is 0. The maximum atomic E-state index is 11.9. The maximum absolute atomic E-state index is 11.9. The van der Waals surface area contributed by atoms with Crippen LogP contribution in [0, 0.1) is 0 Å². The summed E-state index contributed by atoms with van der Waals surface area (Å²) in [6.45, 7) is 2.22. The van der Waals surface area contributed by atoms with E-state index in [1.165, 1.54) is 5.56 Å². The molecule has 6 heteroatoms. The molecule has 0 spiro atoms. The third-order valence-corrected chi connectivity index (χ3v) is 5.37. The van der Waals surface area contributed by atoms with Gasteiger partial charge in [0.2, 0.25) is 5.91 Å². The van der Waals surface area contributed by atoms with Crippen LogP contribution in [-0.2, 0) is 17.9 Å². The van der Waals surface area contributed by atoms with Crippen molar-refractivity contribution in [3.05, 3.63) is 66.0 Å². The Kier molecular flexibility index (Phi) is 3.97. The van der Waals surface area contributed by atoms with E-state index >= 15 is 0 Å². The molecule has 5 rings (SSSR count). The van der Waals surface area contributed by atoms with Gasteiger partial charge in [0, 0.05) is 31.4 Å². The van der Waals surface area contributed by atoms with Crippen molar-refractivity contribution in [1.29, 1.82) is 0 Å². The molecule has 28 heavy (non-hydrogen) atoms. The molecule has 1 aliphatic rings. The van der Waals surface area contributed by atoms with Crippen molar-refractivity contribution in [1.82, 2.24) is 19.4 Å². The van der Waals surface area contributed by atoms with Crippen LogP contribution in [0.15, 0.2) is 54.9 Å². The van der Waals surface area contributed by atoms with E-state index in [1.54, 1.807) is 0 Å². The predicted molar refractivity (Wildman–Crippen MR) is 110 cm³/mol. The number of pyridine rings is 1. The molecule has 2 aromatic carbocycles. The number of carbonyl (C=O) groups excluding carboxylic acids is 1. The molecule has 0 atom stereocenters. The van der Waals surface area contributed by atoms with Gasteiger partial charge in [0.25, 0.3) is 0 Å². The number of nitrogens with two attached hydrogens (primary N) is 1. The van der Waals surface area contributed by atoms with Crippen molar-refractivity contribution in [2.24, 2.45) is 0 Å². The third kappa shape index (κ3) is 2.87. The Bertz CT molecular complexity index is 1200. The molecule has 2 aromatic heterocycles. The highest BCUT2D eigenvalue weighted by Crippen LogP contribution is 2.27. The van der Waals surface area contributed by atoms with E-state index in [9.17, 15) is 4.79 Å². The number of likely N-dealkylation sites (tertiary alicyclic amines) is 1. The largest absolute Gasteiger partial charge is 0.382 e. The summed E-state index contributed by atoms with van der Waals surface area (Å²) in [7, 11) is 0. The van der Waals surface area contributed by atoms with Crippen LogP contribution in [0.2, 0.25) is 0 Å². The van der Waals surface area contributed by atoms with Gasteiger partial charge in [-0.3, -0.25) is 4.79 Å². The minimum atomic E-state index is 0.250. The average molecular weight is 371 g/mol. The standard InChI is InChI=1S/C22H21N5O/c23-22-20-21(17-7-1-2-8-18(17)25-22)27(14-24-20)13-16-6-3-5-15(11-16)12-26-10-4-9-19(26)28/h1-3,5-8,11,14H,4,9-10,12-13H2,(H2,23,25). The summed E-state index contributed by atoms with van der Waals surface area (Å²) in [5.41, 5.74) is 11.1. The van der Waals surface area contributed by atoms with Crippen LogP contribution in [0.4, 0.5) is 5.82 Å². The van der Waals surface area contributed by atoms with Crippen LogP contribution in [0.1, 0.15) is 24.0 Å². The van der Waals surface area contributed by atoms with Crippen LogP contribution >= 0.6 is 0 Å². The molecule has 140 valence electrons. The fraction of sp³-hybridized carbons (Fsp3) is 0.227. The molecule has 1 amide bonds. The number of hydrogen-bond donors (Lipinski definition) is 1. The summed E-state index contributed by atoms with van der Waals surface area (Å²) in [4.78, 5) is 22.8. The second-order valence-electron chi connectivity index (χ2n) is 7.32. The summed E-state index contributed by atoms with van der Waals surface area (Å²) in [6.07, 6.45) is 3.46. The zero-order valence-electron chi connectivity index (χ0n) is 15.5. The number of amides is 1. The van der Waals surface area contributed by atoms with Gasteiger partial charge in [-0.25, -0.2) is 9.97 Å². The van der Waals surface area contributed by atoms with Gasteiger partial charge in [-0.15, -0.1) is 0 Å². The number of hydrogen-bond acceptors (Lipinski definition) is 4. The number of imidazole rings is 1. The number of nitrogens with zero attached hydrogens (tertiary/aromatic N) is 4. The lowest BCUT2D eigenvalue weighted by atomic mass is 10.1. The molecule has 2 N–H and O–H groups in total. The van der Waals surface area contributed by atoms with Gasteiger partial charge in [-0.2, -0.15) is 0 Å².